The monoisotopic (exact) mass is 341 g/mol. The standard InChI is InChI=1S/C21H27NO3/c1-15(2)24-19-11-7-10-18(14-19)16(3)25-21-20(22-12-13-23-21)17-8-5-4-6-9-17/h4-11,14-16,20-22H,12-13H2,1-3H3/t16-,20+,21-/m1/s1. The molecule has 1 fully saturated rings. The second-order valence-electron chi connectivity index (χ2n) is 6.60. The first-order valence-electron chi connectivity index (χ1n) is 8.95. The van der Waals surface area contributed by atoms with Crippen molar-refractivity contribution in [1.29, 1.82) is 0 Å². The third-order valence-corrected chi connectivity index (χ3v) is 4.22. The molecule has 1 aliphatic heterocycles. The second-order valence-corrected chi connectivity index (χ2v) is 6.60. The van der Waals surface area contributed by atoms with E-state index in [1.807, 2.05) is 50.2 Å². The molecular formula is C21H27NO3. The molecule has 1 heterocycles. The Labute approximate surface area is 150 Å². The van der Waals surface area contributed by atoms with Crippen LogP contribution in [0.3, 0.4) is 0 Å². The van der Waals surface area contributed by atoms with Gasteiger partial charge >= 0.3 is 0 Å². The number of rotatable bonds is 6. The summed E-state index contributed by atoms with van der Waals surface area (Å²) in [6, 6.07) is 18.4. The van der Waals surface area contributed by atoms with Crippen LogP contribution in [-0.4, -0.2) is 25.5 Å². The van der Waals surface area contributed by atoms with Crippen molar-refractivity contribution in [2.24, 2.45) is 0 Å². The van der Waals surface area contributed by atoms with Gasteiger partial charge in [-0.2, -0.15) is 0 Å². The van der Waals surface area contributed by atoms with Crippen molar-refractivity contribution < 1.29 is 14.2 Å². The topological polar surface area (TPSA) is 39.7 Å². The predicted molar refractivity (Wildman–Crippen MR) is 98.6 cm³/mol. The number of ether oxygens (including phenoxy) is 3. The Kier molecular flexibility index (Phi) is 6.08. The van der Waals surface area contributed by atoms with Crippen molar-refractivity contribution in [3.8, 4) is 5.75 Å². The highest BCUT2D eigenvalue weighted by Gasteiger charge is 2.29. The first kappa shape index (κ1) is 17.9. The highest BCUT2D eigenvalue weighted by Crippen LogP contribution is 2.29. The van der Waals surface area contributed by atoms with Crippen molar-refractivity contribution in [2.75, 3.05) is 13.2 Å². The number of hydrogen-bond donors (Lipinski definition) is 1. The van der Waals surface area contributed by atoms with Gasteiger partial charge in [-0.15, -0.1) is 0 Å². The maximum absolute atomic E-state index is 6.26. The fourth-order valence-corrected chi connectivity index (χ4v) is 3.03. The second kappa shape index (κ2) is 8.48. The Morgan fingerprint density at radius 2 is 1.84 bits per heavy atom. The summed E-state index contributed by atoms with van der Waals surface area (Å²) in [5.74, 6) is 0.866. The van der Waals surface area contributed by atoms with E-state index in [-0.39, 0.29) is 24.5 Å². The number of nitrogens with one attached hydrogen (secondary N) is 1. The van der Waals surface area contributed by atoms with Crippen LogP contribution in [-0.2, 0) is 9.47 Å². The highest BCUT2D eigenvalue weighted by molar-refractivity contribution is 5.30. The summed E-state index contributed by atoms with van der Waals surface area (Å²) >= 11 is 0. The van der Waals surface area contributed by atoms with E-state index >= 15 is 0 Å². The molecule has 3 rings (SSSR count). The molecule has 2 aromatic carbocycles. The summed E-state index contributed by atoms with van der Waals surface area (Å²) in [5, 5.41) is 3.51. The zero-order valence-electron chi connectivity index (χ0n) is 15.1. The number of morpholine rings is 1. The molecule has 2 aromatic rings. The molecule has 4 heteroatoms. The van der Waals surface area contributed by atoms with Crippen molar-refractivity contribution in [2.45, 2.75) is 45.3 Å². The maximum Gasteiger partial charge on any atom is 0.177 e. The van der Waals surface area contributed by atoms with E-state index in [0.29, 0.717) is 6.61 Å². The van der Waals surface area contributed by atoms with Crippen LogP contribution in [0.1, 0.15) is 44.0 Å². The molecule has 0 amide bonds. The first-order chi connectivity index (χ1) is 12.1. The molecule has 0 saturated carbocycles. The van der Waals surface area contributed by atoms with E-state index in [1.54, 1.807) is 0 Å². The van der Waals surface area contributed by atoms with Gasteiger partial charge < -0.3 is 19.5 Å². The molecule has 1 N–H and O–H groups in total. The van der Waals surface area contributed by atoms with E-state index in [0.717, 1.165) is 17.9 Å². The fourth-order valence-electron chi connectivity index (χ4n) is 3.03. The lowest BCUT2D eigenvalue weighted by Gasteiger charge is -2.34. The highest BCUT2D eigenvalue weighted by atomic mass is 16.7. The van der Waals surface area contributed by atoms with Gasteiger partial charge in [-0.05, 0) is 44.0 Å². The quantitative estimate of drug-likeness (QED) is 0.853. The lowest BCUT2D eigenvalue weighted by atomic mass is 10.0. The van der Waals surface area contributed by atoms with Gasteiger partial charge in [0.1, 0.15) is 5.75 Å². The van der Waals surface area contributed by atoms with E-state index < -0.39 is 0 Å². The van der Waals surface area contributed by atoms with Gasteiger partial charge in [-0.25, -0.2) is 0 Å². The van der Waals surface area contributed by atoms with E-state index in [4.69, 9.17) is 14.2 Å². The Balaban J connectivity index is 1.71. The molecule has 3 atom stereocenters. The molecule has 0 aromatic heterocycles. The van der Waals surface area contributed by atoms with Gasteiger partial charge in [0, 0.05) is 6.54 Å². The third-order valence-electron chi connectivity index (χ3n) is 4.22. The molecule has 1 aliphatic rings. The Bertz CT molecular complexity index is 659. The lowest BCUT2D eigenvalue weighted by molar-refractivity contribution is -0.200. The SMILES string of the molecule is CC(C)Oc1cccc([C@@H](C)O[C@H]2OCCN[C@H]2c2ccccc2)c1. The zero-order chi connectivity index (χ0) is 17.6. The van der Waals surface area contributed by atoms with Crippen molar-refractivity contribution in [1.82, 2.24) is 5.32 Å². The summed E-state index contributed by atoms with van der Waals surface area (Å²) in [4.78, 5) is 0. The van der Waals surface area contributed by atoms with Gasteiger partial charge in [-0.1, -0.05) is 42.5 Å². The summed E-state index contributed by atoms with van der Waals surface area (Å²) < 4.78 is 18.0. The van der Waals surface area contributed by atoms with Crippen LogP contribution in [0.15, 0.2) is 54.6 Å². The average Bonchev–Trinajstić information content (AvgIpc) is 2.62. The van der Waals surface area contributed by atoms with Gasteiger partial charge in [0.25, 0.3) is 0 Å². The van der Waals surface area contributed by atoms with Crippen LogP contribution in [0.4, 0.5) is 0 Å². The third kappa shape index (κ3) is 4.82. The van der Waals surface area contributed by atoms with Crippen LogP contribution < -0.4 is 10.1 Å². The van der Waals surface area contributed by atoms with E-state index in [1.165, 1.54) is 5.56 Å². The summed E-state index contributed by atoms with van der Waals surface area (Å²) in [5.41, 5.74) is 2.26. The van der Waals surface area contributed by atoms with E-state index in [9.17, 15) is 0 Å². The van der Waals surface area contributed by atoms with Gasteiger partial charge in [0.05, 0.1) is 24.9 Å². The molecule has 0 radical (unpaired) electrons. The minimum absolute atomic E-state index is 0.0347. The molecule has 134 valence electrons. The van der Waals surface area contributed by atoms with E-state index in [2.05, 4.69) is 30.4 Å². The molecule has 25 heavy (non-hydrogen) atoms. The molecule has 0 spiro atoms. The number of hydrogen-bond acceptors (Lipinski definition) is 4. The maximum atomic E-state index is 6.26. The summed E-state index contributed by atoms with van der Waals surface area (Å²) in [6.07, 6.45) is -0.257. The van der Waals surface area contributed by atoms with Gasteiger partial charge in [-0.3, -0.25) is 0 Å². The minimum Gasteiger partial charge on any atom is -0.491 e. The van der Waals surface area contributed by atoms with Crippen LogP contribution in [0.2, 0.25) is 0 Å². The molecule has 0 aliphatic carbocycles. The zero-order valence-corrected chi connectivity index (χ0v) is 15.1. The average molecular weight is 341 g/mol. The number of benzene rings is 2. The molecule has 4 nitrogen and oxygen atoms in total. The summed E-state index contributed by atoms with van der Waals surface area (Å²) in [7, 11) is 0. The Hall–Kier alpha value is -1.88. The normalized spacial score (nSPS) is 21.9. The summed E-state index contributed by atoms with van der Waals surface area (Å²) in [6.45, 7) is 7.58. The smallest absolute Gasteiger partial charge is 0.177 e. The van der Waals surface area contributed by atoms with Crippen molar-refractivity contribution in [3.05, 3.63) is 65.7 Å². The minimum atomic E-state index is -0.319. The molecule has 0 bridgehead atoms. The van der Waals surface area contributed by atoms with Crippen molar-refractivity contribution >= 4 is 0 Å². The van der Waals surface area contributed by atoms with Gasteiger partial charge in [0.2, 0.25) is 0 Å². The van der Waals surface area contributed by atoms with Crippen LogP contribution >= 0.6 is 0 Å². The lowest BCUT2D eigenvalue weighted by Crippen LogP contribution is -2.43. The predicted octanol–water partition coefficient (Wildman–Crippen LogP) is 4.24. The van der Waals surface area contributed by atoms with Gasteiger partial charge in [0.15, 0.2) is 6.29 Å². The largest absolute Gasteiger partial charge is 0.491 e. The van der Waals surface area contributed by atoms with Crippen LogP contribution in [0.25, 0.3) is 0 Å². The van der Waals surface area contributed by atoms with Crippen LogP contribution in [0, 0.1) is 0 Å². The van der Waals surface area contributed by atoms with Crippen LogP contribution in [0.5, 0.6) is 5.75 Å². The molecule has 0 unspecified atom stereocenters. The van der Waals surface area contributed by atoms with Crippen molar-refractivity contribution in [3.63, 3.8) is 0 Å². The molecule has 1 saturated heterocycles. The fraction of sp³-hybridized carbons (Fsp3) is 0.429. The molecular weight excluding hydrogens is 314 g/mol. The Morgan fingerprint density at radius 3 is 2.60 bits per heavy atom. The Morgan fingerprint density at radius 1 is 1.04 bits per heavy atom. The first-order valence-corrected chi connectivity index (χ1v) is 8.95.